The average molecular weight is 375 g/mol. The summed E-state index contributed by atoms with van der Waals surface area (Å²) < 4.78 is 5.46. The molecule has 3 rings (SSSR count). The van der Waals surface area contributed by atoms with Gasteiger partial charge in [0.15, 0.2) is 0 Å². The van der Waals surface area contributed by atoms with Crippen LogP contribution in [-0.2, 0) is 11.3 Å². The van der Waals surface area contributed by atoms with Crippen molar-refractivity contribution in [3.05, 3.63) is 45.5 Å². The van der Waals surface area contributed by atoms with Crippen LogP contribution in [0.1, 0.15) is 52.4 Å². The molecule has 2 aromatic rings. The first-order valence-electron chi connectivity index (χ1n) is 9.18. The van der Waals surface area contributed by atoms with E-state index in [1.807, 2.05) is 42.3 Å². The molecule has 6 heteroatoms. The van der Waals surface area contributed by atoms with Crippen molar-refractivity contribution in [3.8, 4) is 0 Å². The number of amides is 2. The molecule has 5 nitrogen and oxygen atoms in total. The van der Waals surface area contributed by atoms with Gasteiger partial charge in [-0.25, -0.2) is 0 Å². The van der Waals surface area contributed by atoms with E-state index >= 15 is 0 Å². The normalized spacial score (nSPS) is 17.3. The zero-order valence-corrected chi connectivity index (χ0v) is 16.2. The number of nitrogens with zero attached hydrogens (tertiary/aromatic N) is 1. The fraction of sp³-hybridized carbons (Fsp3) is 0.500. The number of thiophene rings is 1. The van der Waals surface area contributed by atoms with Gasteiger partial charge in [0.1, 0.15) is 11.5 Å². The summed E-state index contributed by atoms with van der Waals surface area (Å²) in [7, 11) is 0. The van der Waals surface area contributed by atoms with E-state index in [1.165, 1.54) is 11.3 Å². The van der Waals surface area contributed by atoms with E-state index in [-0.39, 0.29) is 11.8 Å². The Kier molecular flexibility index (Phi) is 6.14. The van der Waals surface area contributed by atoms with Crippen LogP contribution in [0.15, 0.2) is 28.0 Å². The number of carbonyl (C=O) groups is 2. The van der Waals surface area contributed by atoms with Crippen LogP contribution in [0.5, 0.6) is 0 Å². The summed E-state index contributed by atoms with van der Waals surface area (Å²) in [6, 6.07) is 5.77. The molecule has 0 bridgehead atoms. The summed E-state index contributed by atoms with van der Waals surface area (Å²) in [6.07, 6.45) is 3.40. The predicted octanol–water partition coefficient (Wildman–Crippen LogP) is 3.91. The van der Waals surface area contributed by atoms with Crippen LogP contribution in [0.25, 0.3) is 0 Å². The number of piperidine rings is 1. The molecule has 26 heavy (non-hydrogen) atoms. The second-order valence-corrected chi connectivity index (χ2v) is 7.94. The van der Waals surface area contributed by atoms with Crippen molar-refractivity contribution in [2.24, 2.45) is 5.92 Å². The van der Waals surface area contributed by atoms with Gasteiger partial charge in [-0.15, -0.1) is 11.3 Å². The van der Waals surface area contributed by atoms with Crippen LogP contribution >= 0.6 is 11.3 Å². The molecule has 0 unspecified atom stereocenters. The Labute approximate surface area is 158 Å². The molecule has 2 aromatic heterocycles. The number of hydrogen-bond acceptors (Lipinski definition) is 4. The first-order chi connectivity index (χ1) is 12.5. The van der Waals surface area contributed by atoms with Gasteiger partial charge in [-0.3, -0.25) is 9.59 Å². The molecule has 1 fully saturated rings. The molecule has 2 amide bonds. The zero-order valence-electron chi connectivity index (χ0n) is 15.4. The summed E-state index contributed by atoms with van der Waals surface area (Å²) in [5.74, 6) is 2.19. The van der Waals surface area contributed by atoms with Gasteiger partial charge in [0, 0.05) is 19.5 Å². The van der Waals surface area contributed by atoms with Crippen LogP contribution in [0, 0.1) is 19.8 Å². The Morgan fingerprint density at radius 3 is 2.85 bits per heavy atom. The van der Waals surface area contributed by atoms with E-state index < -0.39 is 0 Å². The number of hydrogen-bond donors (Lipinski definition) is 1. The summed E-state index contributed by atoms with van der Waals surface area (Å²) in [4.78, 5) is 27.6. The largest absolute Gasteiger partial charge is 0.465 e. The minimum absolute atomic E-state index is 0.0385. The van der Waals surface area contributed by atoms with E-state index in [4.69, 9.17) is 4.42 Å². The fourth-order valence-corrected chi connectivity index (χ4v) is 4.30. The molecule has 0 aromatic carbocycles. The van der Waals surface area contributed by atoms with Crippen molar-refractivity contribution < 1.29 is 14.0 Å². The highest BCUT2D eigenvalue weighted by Gasteiger charge is 2.26. The quantitative estimate of drug-likeness (QED) is 0.834. The summed E-state index contributed by atoms with van der Waals surface area (Å²) in [6.45, 7) is 5.87. The van der Waals surface area contributed by atoms with Gasteiger partial charge in [0.05, 0.1) is 11.4 Å². The van der Waals surface area contributed by atoms with E-state index in [1.54, 1.807) is 0 Å². The highest BCUT2D eigenvalue weighted by molar-refractivity contribution is 7.12. The van der Waals surface area contributed by atoms with E-state index in [2.05, 4.69) is 5.32 Å². The van der Waals surface area contributed by atoms with Crippen LogP contribution in [0.2, 0.25) is 0 Å². The highest BCUT2D eigenvalue weighted by atomic mass is 32.1. The first-order valence-corrected chi connectivity index (χ1v) is 10.1. The molecule has 1 atom stereocenters. The number of rotatable bonds is 6. The molecule has 0 saturated carbocycles. The smallest absolute Gasteiger partial charge is 0.264 e. The standard InChI is InChI=1S/C20H26N2O3S/c1-14-9-11-26-19(14)20(24)22-10-3-4-16(13-22)6-8-18(23)21-12-17-7-5-15(2)25-17/h5,7,9,11,16H,3-4,6,8,10,12-13H2,1-2H3,(H,21,23)/t16-/m1/s1. The van der Waals surface area contributed by atoms with Gasteiger partial charge in [-0.1, -0.05) is 0 Å². The van der Waals surface area contributed by atoms with Gasteiger partial charge < -0.3 is 14.6 Å². The Hall–Kier alpha value is -2.08. The fourth-order valence-electron chi connectivity index (χ4n) is 3.41. The number of furan rings is 1. The van der Waals surface area contributed by atoms with E-state index in [9.17, 15) is 9.59 Å². The van der Waals surface area contributed by atoms with Crippen molar-refractivity contribution in [3.63, 3.8) is 0 Å². The molecule has 1 aliphatic rings. The average Bonchev–Trinajstić information content (AvgIpc) is 3.26. The lowest BCUT2D eigenvalue weighted by Gasteiger charge is -2.32. The number of aryl methyl sites for hydroxylation is 2. The minimum Gasteiger partial charge on any atom is -0.465 e. The Morgan fingerprint density at radius 2 is 2.15 bits per heavy atom. The predicted molar refractivity (Wildman–Crippen MR) is 102 cm³/mol. The topological polar surface area (TPSA) is 62.6 Å². The third kappa shape index (κ3) is 4.75. The third-order valence-corrected chi connectivity index (χ3v) is 5.90. The maximum absolute atomic E-state index is 12.7. The van der Waals surface area contributed by atoms with E-state index in [0.29, 0.717) is 18.9 Å². The Bertz CT molecular complexity index is 765. The zero-order chi connectivity index (χ0) is 18.5. The second-order valence-electron chi connectivity index (χ2n) is 7.02. The highest BCUT2D eigenvalue weighted by Crippen LogP contribution is 2.25. The number of likely N-dealkylation sites (tertiary alicyclic amines) is 1. The maximum Gasteiger partial charge on any atom is 0.264 e. The maximum atomic E-state index is 12.7. The molecule has 0 spiro atoms. The van der Waals surface area contributed by atoms with Gasteiger partial charge in [-0.2, -0.15) is 0 Å². The molecule has 0 aliphatic carbocycles. The lowest BCUT2D eigenvalue weighted by atomic mass is 9.93. The molecular weight excluding hydrogens is 348 g/mol. The molecule has 1 N–H and O–H groups in total. The Morgan fingerprint density at radius 1 is 1.31 bits per heavy atom. The van der Waals surface area contributed by atoms with Crippen LogP contribution in [-0.4, -0.2) is 29.8 Å². The second kappa shape index (κ2) is 8.54. The lowest BCUT2D eigenvalue weighted by Crippen LogP contribution is -2.40. The Balaban J connectivity index is 1.44. The third-order valence-electron chi connectivity index (χ3n) is 4.90. The molecular formula is C20H26N2O3S. The monoisotopic (exact) mass is 374 g/mol. The lowest BCUT2D eigenvalue weighted by molar-refractivity contribution is -0.121. The van der Waals surface area contributed by atoms with Crippen molar-refractivity contribution in [2.45, 2.75) is 46.1 Å². The van der Waals surface area contributed by atoms with Crippen LogP contribution in [0.3, 0.4) is 0 Å². The minimum atomic E-state index is 0.0385. The molecule has 3 heterocycles. The van der Waals surface area contributed by atoms with Crippen molar-refractivity contribution in [1.82, 2.24) is 10.2 Å². The molecule has 0 radical (unpaired) electrons. The SMILES string of the molecule is Cc1ccc(CNC(=O)CC[C@H]2CCCN(C(=O)c3sccc3C)C2)o1. The number of nitrogens with one attached hydrogen (secondary N) is 1. The van der Waals surface area contributed by atoms with Gasteiger partial charge >= 0.3 is 0 Å². The summed E-state index contributed by atoms with van der Waals surface area (Å²) in [5.41, 5.74) is 1.05. The van der Waals surface area contributed by atoms with Crippen molar-refractivity contribution >= 4 is 23.2 Å². The summed E-state index contributed by atoms with van der Waals surface area (Å²) >= 11 is 1.51. The molecule has 1 aliphatic heterocycles. The number of carbonyl (C=O) groups excluding carboxylic acids is 2. The van der Waals surface area contributed by atoms with Gasteiger partial charge in [0.25, 0.3) is 5.91 Å². The van der Waals surface area contributed by atoms with E-state index in [0.717, 1.165) is 54.3 Å². The van der Waals surface area contributed by atoms with Gasteiger partial charge in [-0.05, 0) is 68.2 Å². The van der Waals surface area contributed by atoms with Gasteiger partial charge in [0.2, 0.25) is 5.91 Å². The summed E-state index contributed by atoms with van der Waals surface area (Å²) in [5, 5.41) is 4.87. The molecule has 140 valence electrons. The van der Waals surface area contributed by atoms with Crippen molar-refractivity contribution in [1.29, 1.82) is 0 Å². The first kappa shape index (κ1) is 18.7. The molecule has 1 saturated heterocycles. The van der Waals surface area contributed by atoms with Crippen LogP contribution in [0.4, 0.5) is 0 Å². The van der Waals surface area contributed by atoms with Crippen LogP contribution < -0.4 is 5.32 Å². The van der Waals surface area contributed by atoms with Crippen molar-refractivity contribution in [2.75, 3.05) is 13.1 Å².